The second-order valence-electron chi connectivity index (χ2n) is 5.36. The zero-order valence-corrected chi connectivity index (χ0v) is 12.0. The molecule has 0 saturated carbocycles. The van der Waals surface area contributed by atoms with E-state index < -0.39 is 5.97 Å². The van der Waals surface area contributed by atoms with Crippen molar-refractivity contribution in [2.75, 3.05) is 52.9 Å². The molecule has 2 rings (SSSR count). The van der Waals surface area contributed by atoms with Crippen LogP contribution in [0.3, 0.4) is 0 Å². The third-order valence-corrected chi connectivity index (χ3v) is 4.05. The van der Waals surface area contributed by atoms with Crippen molar-refractivity contribution >= 4 is 12.0 Å². The number of aliphatic carboxylic acids is 1. The molecule has 0 aromatic heterocycles. The van der Waals surface area contributed by atoms with E-state index in [-0.39, 0.29) is 18.7 Å². The second kappa shape index (κ2) is 6.90. The number of carbonyl (C=O) groups excluding carboxylic acids is 1. The Hall–Kier alpha value is -1.34. The Bertz CT molecular complexity index is 348. The van der Waals surface area contributed by atoms with Crippen molar-refractivity contribution in [1.82, 2.24) is 14.7 Å². The van der Waals surface area contributed by atoms with Crippen molar-refractivity contribution < 1.29 is 19.4 Å². The van der Waals surface area contributed by atoms with Crippen LogP contribution in [-0.2, 0) is 9.53 Å². The number of hydrogen-bond acceptors (Lipinski definition) is 4. The molecule has 0 bridgehead atoms. The molecule has 0 spiro atoms. The predicted octanol–water partition coefficient (Wildman–Crippen LogP) is -0.0806. The summed E-state index contributed by atoms with van der Waals surface area (Å²) in [5.41, 5.74) is 0. The smallest absolute Gasteiger partial charge is 0.320 e. The van der Waals surface area contributed by atoms with Crippen LogP contribution in [0.1, 0.15) is 12.8 Å². The molecule has 114 valence electrons. The number of likely N-dealkylation sites (tertiary alicyclic amines) is 1. The molecule has 20 heavy (non-hydrogen) atoms. The zero-order valence-electron chi connectivity index (χ0n) is 12.0. The lowest BCUT2D eigenvalue weighted by molar-refractivity contribution is -0.138. The van der Waals surface area contributed by atoms with Crippen LogP contribution in [0, 0.1) is 0 Å². The average Bonchev–Trinajstić information content (AvgIpc) is 2.47. The highest BCUT2D eigenvalue weighted by atomic mass is 16.5. The molecule has 2 heterocycles. The average molecular weight is 285 g/mol. The van der Waals surface area contributed by atoms with Gasteiger partial charge in [-0.05, 0) is 12.8 Å². The number of carbonyl (C=O) groups is 2. The van der Waals surface area contributed by atoms with E-state index in [1.54, 1.807) is 7.11 Å². The first-order chi connectivity index (χ1) is 9.60. The molecular formula is C13H23N3O4. The summed E-state index contributed by atoms with van der Waals surface area (Å²) in [6.07, 6.45) is 2.05. The van der Waals surface area contributed by atoms with Crippen LogP contribution in [0.25, 0.3) is 0 Å². The summed E-state index contributed by atoms with van der Waals surface area (Å²) in [7, 11) is 1.71. The number of nitrogens with zero attached hydrogens (tertiary/aromatic N) is 3. The third-order valence-electron chi connectivity index (χ3n) is 4.05. The maximum Gasteiger partial charge on any atom is 0.320 e. The lowest BCUT2D eigenvalue weighted by Crippen LogP contribution is -2.55. The number of urea groups is 1. The molecule has 2 aliphatic rings. The van der Waals surface area contributed by atoms with Gasteiger partial charge in [-0.2, -0.15) is 0 Å². The molecule has 2 fully saturated rings. The Morgan fingerprint density at radius 3 is 2.10 bits per heavy atom. The molecule has 0 aliphatic carbocycles. The summed E-state index contributed by atoms with van der Waals surface area (Å²) in [6, 6.07) is 0.0783. The number of methoxy groups -OCH3 is 1. The first-order valence-electron chi connectivity index (χ1n) is 7.11. The van der Waals surface area contributed by atoms with Gasteiger partial charge in [0.25, 0.3) is 0 Å². The van der Waals surface area contributed by atoms with Crippen molar-refractivity contribution in [3.63, 3.8) is 0 Å². The monoisotopic (exact) mass is 285 g/mol. The normalized spacial score (nSPS) is 22.1. The van der Waals surface area contributed by atoms with Crippen molar-refractivity contribution in [2.24, 2.45) is 0 Å². The van der Waals surface area contributed by atoms with E-state index in [2.05, 4.69) is 0 Å². The van der Waals surface area contributed by atoms with Gasteiger partial charge in [0.15, 0.2) is 0 Å². The summed E-state index contributed by atoms with van der Waals surface area (Å²) in [4.78, 5) is 28.6. The molecule has 2 aliphatic heterocycles. The van der Waals surface area contributed by atoms with E-state index in [0.29, 0.717) is 26.2 Å². The van der Waals surface area contributed by atoms with E-state index in [1.165, 1.54) is 0 Å². The Morgan fingerprint density at radius 2 is 1.60 bits per heavy atom. The summed E-state index contributed by atoms with van der Waals surface area (Å²) in [5, 5.41) is 8.75. The number of carboxylic acid groups (broad SMARTS) is 1. The van der Waals surface area contributed by atoms with Crippen LogP contribution in [0.2, 0.25) is 0 Å². The van der Waals surface area contributed by atoms with E-state index in [1.807, 2.05) is 14.7 Å². The van der Waals surface area contributed by atoms with Crippen LogP contribution in [0.5, 0.6) is 0 Å². The zero-order chi connectivity index (χ0) is 14.5. The van der Waals surface area contributed by atoms with Gasteiger partial charge >= 0.3 is 12.0 Å². The summed E-state index contributed by atoms with van der Waals surface area (Å²) >= 11 is 0. The van der Waals surface area contributed by atoms with Crippen LogP contribution in [-0.4, -0.2) is 90.8 Å². The van der Waals surface area contributed by atoms with E-state index >= 15 is 0 Å². The summed E-state index contributed by atoms with van der Waals surface area (Å²) in [5.74, 6) is -0.814. The number of carboxylic acids is 1. The van der Waals surface area contributed by atoms with Gasteiger partial charge in [0.2, 0.25) is 0 Å². The number of hydrogen-bond donors (Lipinski definition) is 1. The lowest BCUT2D eigenvalue weighted by atomic mass is 10.1. The van der Waals surface area contributed by atoms with E-state index in [9.17, 15) is 9.59 Å². The van der Waals surface area contributed by atoms with Crippen LogP contribution in [0.4, 0.5) is 4.79 Å². The van der Waals surface area contributed by atoms with E-state index in [4.69, 9.17) is 9.84 Å². The molecule has 7 nitrogen and oxygen atoms in total. The highest BCUT2D eigenvalue weighted by molar-refractivity contribution is 5.74. The second-order valence-corrected chi connectivity index (χ2v) is 5.36. The first kappa shape index (κ1) is 15.1. The number of piperazine rings is 1. The predicted molar refractivity (Wildman–Crippen MR) is 72.6 cm³/mol. The number of ether oxygens (including phenoxy) is 1. The van der Waals surface area contributed by atoms with Crippen LogP contribution in [0.15, 0.2) is 0 Å². The molecule has 2 amide bonds. The van der Waals surface area contributed by atoms with Gasteiger partial charge in [-0.15, -0.1) is 0 Å². The summed E-state index contributed by atoms with van der Waals surface area (Å²) in [6.45, 7) is 4.02. The maximum atomic E-state index is 12.4. The molecule has 0 atom stereocenters. The minimum Gasteiger partial charge on any atom is -0.480 e. The van der Waals surface area contributed by atoms with Gasteiger partial charge in [-0.25, -0.2) is 4.79 Å². The number of piperidine rings is 1. The largest absolute Gasteiger partial charge is 0.480 e. The Morgan fingerprint density at radius 1 is 1.05 bits per heavy atom. The molecule has 2 saturated heterocycles. The third kappa shape index (κ3) is 3.83. The SMILES string of the molecule is COC1CCN(C(=O)N2CCN(CC(=O)O)CC2)CC1. The van der Waals surface area contributed by atoms with Gasteiger partial charge in [0.05, 0.1) is 12.6 Å². The number of rotatable bonds is 3. The highest BCUT2D eigenvalue weighted by Gasteiger charge is 2.28. The first-order valence-corrected chi connectivity index (χ1v) is 7.11. The minimum absolute atomic E-state index is 0.0568. The van der Waals surface area contributed by atoms with Crippen molar-refractivity contribution in [1.29, 1.82) is 0 Å². The fourth-order valence-electron chi connectivity index (χ4n) is 2.77. The molecule has 7 heteroatoms. The topological polar surface area (TPSA) is 73.3 Å². The molecule has 0 radical (unpaired) electrons. The van der Waals surface area contributed by atoms with Gasteiger partial charge in [0.1, 0.15) is 0 Å². The molecular weight excluding hydrogens is 262 g/mol. The lowest BCUT2D eigenvalue weighted by Gasteiger charge is -2.39. The molecule has 0 unspecified atom stereocenters. The van der Waals surface area contributed by atoms with Crippen LogP contribution >= 0.6 is 0 Å². The summed E-state index contributed by atoms with van der Waals surface area (Å²) < 4.78 is 5.30. The van der Waals surface area contributed by atoms with Gasteiger partial charge in [0, 0.05) is 46.4 Å². The van der Waals surface area contributed by atoms with E-state index in [0.717, 1.165) is 25.9 Å². The quantitative estimate of drug-likeness (QED) is 0.785. The maximum absolute atomic E-state index is 12.4. The Labute approximate surface area is 119 Å². The van der Waals surface area contributed by atoms with Gasteiger partial charge in [-0.3, -0.25) is 9.69 Å². The fourth-order valence-corrected chi connectivity index (χ4v) is 2.77. The van der Waals surface area contributed by atoms with Gasteiger partial charge < -0.3 is 19.6 Å². The standard InChI is InChI=1S/C13H23N3O4/c1-20-11-2-4-15(5-3-11)13(19)16-8-6-14(7-9-16)10-12(17)18/h11H,2-10H2,1H3,(H,17,18). The van der Waals surface area contributed by atoms with Crippen LogP contribution < -0.4 is 0 Å². The molecule has 0 aromatic rings. The Balaban J connectivity index is 1.76. The number of amides is 2. The van der Waals surface area contributed by atoms with Crippen molar-refractivity contribution in [2.45, 2.75) is 18.9 Å². The molecule has 0 aromatic carbocycles. The molecule has 1 N–H and O–H groups in total. The Kier molecular flexibility index (Phi) is 5.19. The van der Waals surface area contributed by atoms with Crippen molar-refractivity contribution in [3.8, 4) is 0 Å². The fraction of sp³-hybridized carbons (Fsp3) is 0.846. The highest BCUT2D eigenvalue weighted by Crippen LogP contribution is 2.15. The van der Waals surface area contributed by atoms with Gasteiger partial charge in [-0.1, -0.05) is 0 Å². The van der Waals surface area contributed by atoms with Crippen molar-refractivity contribution in [3.05, 3.63) is 0 Å². The minimum atomic E-state index is -0.814.